The van der Waals surface area contributed by atoms with Crippen LogP contribution in [0.5, 0.6) is 0 Å². The number of nitrogens with one attached hydrogen (secondary N) is 2. The summed E-state index contributed by atoms with van der Waals surface area (Å²) in [7, 11) is 0. The number of benzene rings is 1. The minimum atomic E-state index is -1.52. The van der Waals surface area contributed by atoms with Crippen molar-refractivity contribution >= 4 is 17.5 Å². The fraction of sp³-hybridized carbons (Fsp3) is 0.231. The lowest BCUT2D eigenvalue weighted by molar-refractivity contribution is 0.459. The van der Waals surface area contributed by atoms with E-state index in [0.717, 1.165) is 0 Å². The molecule has 0 radical (unpaired) electrons. The Morgan fingerprint density at radius 2 is 1.71 bits per heavy atom. The zero-order valence-corrected chi connectivity index (χ0v) is 11.3. The van der Waals surface area contributed by atoms with Crippen molar-refractivity contribution in [2.75, 3.05) is 17.2 Å². The molecule has 2 aromatic rings. The van der Waals surface area contributed by atoms with E-state index in [9.17, 15) is 17.6 Å². The summed E-state index contributed by atoms with van der Waals surface area (Å²) in [5.41, 5.74) is -0.475. The molecule has 2 rings (SSSR count). The van der Waals surface area contributed by atoms with E-state index in [0.29, 0.717) is 12.1 Å². The van der Waals surface area contributed by atoms with Crippen LogP contribution in [0.25, 0.3) is 0 Å². The van der Waals surface area contributed by atoms with Gasteiger partial charge in [0, 0.05) is 24.4 Å². The summed E-state index contributed by atoms with van der Waals surface area (Å²) in [6.07, 6.45) is 1.42. The highest BCUT2D eigenvalue weighted by atomic mass is 19.2. The third kappa shape index (κ3) is 3.04. The first-order chi connectivity index (χ1) is 9.93. The van der Waals surface area contributed by atoms with E-state index in [2.05, 4.69) is 20.6 Å². The van der Waals surface area contributed by atoms with Gasteiger partial charge in [0.1, 0.15) is 11.5 Å². The smallest absolute Gasteiger partial charge is 0.224 e. The molecule has 21 heavy (non-hydrogen) atoms. The molecule has 1 aromatic heterocycles. The number of rotatable bonds is 4. The highest BCUT2D eigenvalue weighted by molar-refractivity contribution is 5.61. The quantitative estimate of drug-likeness (QED) is 0.670. The SMILES string of the molecule is CCNc1ncc(C)c(Nc2c(F)c(F)cc(F)c2F)n1. The van der Waals surface area contributed by atoms with E-state index in [-0.39, 0.29) is 17.8 Å². The predicted octanol–water partition coefficient (Wildman–Crippen LogP) is 3.52. The zero-order valence-electron chi connectivity index (χ0n) is 11.3. The Balaban J connectivity index is 2.45. The van der Waals surface area contributed by atoms with Crippen molar-refractivity contribution in [3.8, 4) is 0 Å². The molecule has 0 aliphatic heterocycles. The van der Waals surface area contributed by atoms with E-state index < -0.39 is 29.0 Å². The lowest BCUT2D eigenvalue weighted by atomic mass is 10.2. The van der Waals surface area contributed by atoms with Crippen LogP contribution in [0.3, 0.4) is 0 Å². The lowest BCUT2D eigenvalue weighted by Gasteiger charge is -2.12. The third-order valence-electron chi connectivity index (χ3n) is 2.66. The second-order valence-corrected chi connectivity index (χ2v) is 4.22. The minimum Gasteiger partial charge on any atom is -0.354 e. The number of halogens is 4. The summed E-state index contributed by atoms with van der Waals surface area (Å²) >= 11 is 0. The Bertz CT molecular complexity index is 649. The van der Waals surface area contributed by atoms with Gasteiger partial charge in [-0.25, -0.2) is 22.5 Å². The molecule has 0 aliphatic carbocycles. The summed E-state index contributed by atoms with van der Waals surface area (Å²) < 4.78 is 53.5. The zero-order chi connectivity index (χ0) is 15.6. The monoisotopic (exact) mass is 300 g/mol. The molecule has 0 amide bonds. The fourth-order valence-electron chi connectivity index (χ4n) is 1.61. The summed E-state index contributed by atoms with van der Waals surface area (Å²) in [5.74, 6) is -5.74. The van der Waals surface area contributed by atoms with E-state index in [4.69, 9.17) is 0 Å². The van der Waals surface area contributed by atoms with Crippen LogP contribution in [-0.4, -0.2) is 16.5 Å². The van der Waals surface area contributed by atoms with Crippen LogP contribution < -0.4 is 10.6 Å². The molecule has 0 aliphatic rings. The summed E-state index contributed by atoms with van der Waals surface area (Å²) in [6, 6.07) is 0.146. The molecule has 0 bridgehead atoms. The van der Waals surface area contributed by atoms with E-state index in [1.165, 1.54) is 6.20 Å². The first kappa shape index (κ1) is 15.0. The van der Waals surface area contributed by atoms with Crippen LogP contribution in [0.4, 0.5) is 35.0 Å². The molecule has 0 unspecified atom stereocenters. The molecular weight excluding hydrogens is 288 g/mol. The van der Waals surface area contributed by atoms with Gasteiger partial charge in [-0.1, -0.05) is 0 Å². The third-order valence-corrected chi connectivity index (χ3v) is 2.66. The first-order valence-corrected chi connectivity index (χ1v) is 6.11. The fourth-order valence-corrected chi connectivity index (χ4v) is 1.61. The summed E-state index contributed by atoms with van der Waals surface area (Å²) in [5, 5.41) is 5.08. The average Bonchev–Trinajstić information content (AvgIpc) is 2.45. The van der Waals surface area contributed by atoms with Gasteiger partial charge in [-0.15, -0.1) is 0 Å². The highest BCUT2D eigenvalue weighted by Gasteiger charge is 2.20. The maximum Gasteiger partial charge on any atom is 0.224 e. The van der Waals surface area contributed by atoms with Crippen LogP contribution in [0, 0.1) is 30.2 Å². The van der Waals surface area contributed by atoms with Crippen LogP contribution in [0.1, 0.15) is 12.5 Å². The van der Waals surface area contributed by atoms with Crippen molar-refractivity contribution in [2.45, 2.75) is 13.8 Å². The van der Waals surface area contributed by atoms with Gasteiger partial charge in [0.05, 0.1) is 0 Å². The van der Waals surface area contributed by atoms with Crippen LogP contribution >= 0.6 is 0 Å². The average molecular weight is 300 g/mol. The second kappa shape index (κ2) is 5.94. The lowest BCUT2D eigenvalue weighted by Crippen LogP contribution is -2.08. The molecule has 0 atom stereocenters. The van der Waals surface area contributed by atoms with Gasteiger partial charge in [-0.3, -0.25) is 0 Å². The largest absolute Gasteiger partial charge is 0.354 e. The van der Waals surface area contributed by atoms with Gasteiger partial charge in [0.2, 0.25) is 5.95 Å². The number of aromatic nitrogens is 2. The van der Waals surface area contributed by atoms with Crippen LogP contribution in [0.15, 0.2) is 12.3 Å². The molecular formula is C13H12F4N4. The molecule has 112 valence electrons. The van der Waals surface area contributed by atoms with Crippen molar-refractivity contribution in [3.05, 3.63) is 41.1 Å². The number of hydrogen-bond donors (Lipinski definition) is 2. The number of anilines is 3. The predicted molar refractivity (Wildman–Crippen MR) is 70.5 cm³/mol. The molecule has 0 saturated heterocycles. The molecule has 0 saturated carbocycles. The van der Waals surface area contributed by atoms with Crippen LogP contribution in [0.2, 0.25) is 0 Å². The van der Waals surface area contributed by atoms with Crippen molar-refractivity contribution < 1.29 is 17.6 Å². The van der Waals surface area contributed by atoms with Crippen molar-refractivity contribution in [1.29, 1.82) is 0 Å². The van der Waals surface area contributed by atoms with Crippen molar-refractivity contribution in [2.24, 2.45) is 0 Å². The Morgan fingerprint density at radius 3 is 2.29 bits per heavy atom. The molecule has 1 aromatic carbocycles. The van der Waals surface area contributed by atoms with Gasteiger partial charge in [0.25, 0.3) is 0 Å². The Morgan fingerprint density at radius 1 is 1.10 bits per heavy atom. The molecule has 2 N–H and O–H groups in total. The van der Waals surface area contributed by atoms with Crippen molar-refractivity contribution in [1.82, 2.24) is 9.97 Å². The Hall–Kier alpha value is -2.38. The van der Waals surface area contributed by atoms with Gasteiger partial charge in [-0.05, 0) is 13.8 Å². The molecule has 0 fully saturated rings. The van der Waals surface area contributed by atoms with Gasteiger partial charge < -0.3 is 10.6 Å². The van der Waals surface area contributed by atoms with E-state index in [1.54, 1.807) is 6.92 Å². The summed E-state index contributed by atoms with van der Waals surface area (Å²) in [6.45, 7) is 3.95. The Kier molecular flexibility index (Phi) is 4.25. The maximum absolute atomic E-state index is 13.6. The van der Waals surface area contributed by atoms with E-state index in [1.807, 2.05) is 6.92 Å². The molecule has 4 nitrogen and oxygen atoms in total. The first-order valence-electron chi connectivity index (χ1n) is 6.11. The Labute approximate surface area is 118 Å². The van der Waals surface area contributed by atoms with Gasteiger partial charge in [-0.2, -0.15) is 4.98 Å². The van der Waals surface area contributed by atoms with Crippen molar-refractivity contribution in [3.63, 3.8) is 0 Å². The van der Waals surface area contributed by atoms with Gasteiger partial charge >= 0.3 is 0 Å². The molecule has 0 spiro atoms. The van der Waals surface area contributed by atoms with Gasteiger partial charge in [0.15, 0.2) is 23.3 Å². The normalized spacial score (nSPS) is 10.6. The van der Waals surface area contributed by atoms with E-state index >= 15 is 0 Å². The minimum absolute atomic E-state index is 0.0451. The summed E-state index contributed by atoms with van der Waals surface area (Å²) in [4.78, 5) is 7.94. The number of nitrogens with zero attached hydrogens (tertiary/aromatic N) is 2. The highest BCUT2D eigenvalue weighted by Crippen LogP contribution is 2.28. The number of hydrogen-bond acceptors (Lipinski definition) is 4. The maximum atomic E-state index is 13.6. The second-order valence-electron chi connectivity index (χ2n) is 4.22. The molecule has 1 heterocycles. The topological polar surface area (TPSA) is 49.8 Å². The van der Waals surface area contributed by atoms with Crippen LogP contribution in [-0.2, 0) is 0 Å². The molecule has 8 heteroatoms. The standard InChI is InChI=1S/C13H12F4N4/c1-3-18-13-19-5-6(2)12(21-13)20-11-9(16)7(14)4-8(15)10(11)17/h4-5H,3H2,1-2H3,(H2,18,19,20,21). The number of aryl methyl sites for hydroxylation is 1.